The number of nitrogens with zero attached hydrogens (tertiary/aromatic N) is 3. The van der Waals surface area contributed by atoms with E-state index in [1.807, 2.05) is 6.92 Å². The van der Waals surface area contributed by atoms with Crippen molar-refractivity contribution >= 4 is 5.91 Å². The van der Waals surface area contributed by atoms with Gasteiger partial charge < -0.3 is 10.0 Å². The fourth-order valence-corrected chi connectivity index (χ4v) is 2.70. The van der Waals surface area contributed by atoms with E-state index in [-0.39, 0.29) is 24.7 Å². The predicted octanol–water partition coefficient (Wildman–Crippen LogP) is 2.61. The normalized spacial score (nSPS) is 10.9. The van der Waals surface area contributed by atoms with Crippen molar-refractivity contribution in [1.29, 1.82) is 0 Å². The summed E-state index contributed by atoms with van der Waals surface area (Å²) >= 11 is 0. The van der Waals surface area contributed by atoms with Gasteiger partial charge in [-0.05, 0) is 32.4 Å². The van der Waals surface area contributed by atoms with Gasteiger partial charge in [-0.3, -0.25) is 4.79 Å². The number of aliphatic hydroxyl groups is 1. The molecule has 1 aromatic heterocycles. The summed E-state index contributed by atoms with van der Waals surface area (Å²) in [4.78, 5) is 14.3. The Bertz CT molecular complexity index is 738. The number of benzene rings is 1. The van der Waals surface area contributed by atoms with Crippen molar-refractivity contribution in [2.75, 3.05) is 19.7 Å². The van der Waals surface area contributed by atoms with Crippen LogP contribution in [-0.2, 0) is 0 Å². The molecule has 0 saturated carbocycles. The standard InChI is InChI=1S/C17H21F2N3O2/c1-4-7-21(8-9-23)17(24)16-11(2)20-22(12(16)3)15-6-5-13(18)10-14(15)19/h5-6,10,23H,4,7-9H2,1-3H3. The van der Waals surface area contributed by atoms with E-state index >= 15 is 0 Å². The van der Waals surface area contributed by atoms with Gasteiger partial charge in [0.15, 0.2) is 5.82 Å². The molecular weight excluding hydrogens is 316 g/mol. The first-order valence-corrected chi connectivity index (χ1v) is 7.82. The maximum Gasteiger partial charge on any atom is 0.257 e. The van der Waals surface area contributed by atoms with Crippen molar-refractivity contribution < 1.29 is 18.7 Å². The second kappa shape index (κ2) is 7.53. The number of rotatable bonds is 6. The number of halogens is 2. The first kappa shape index (κ1) is 18.1. The van der Waals surface area contributed by atoms with E-state index < -0.39 is 11.6 Å². The van der Waals surface area contributed by atoms with Gasteiger partial charge in [0.2, 0.25) is 0 Å². The van der Waals surface area contributed by atoms with E-state index in [2.05, 4.69) is 5.10 Å². The number of aromatic nitrogens is 2. The highest BCUT2D eigenvalue weighted by molar-refractivity contribution is 5.96. The zero-order chi connectivity index (χ0) is 17.9. The van der Waals surface area contributed by atoms with E-state index in [0.717, 1.165) is 18.6 Å². The average Bonchev–Trinajstić information content (AvgIpc) is 2.81. The van der Waals surface area contributed by atoms with Crippen LogP contribution in [0.4, 0.5) is 8.78 Å². The fraction of sp³-hybridized carbons (Fsp3) is 0.412. The van der Waals surface area contributed by atoms with Crippen molar-refractivity contribution in [3.8, 4) is 5.69 Å². The maximum atomic E-state index is 14.0. The Hall–Kier alpha value is -2.28. The molecule has 1 N–H and O–H groups in total. The molecule has 0 aliphatic heterocycles. The first-order valence-electron chi connectivity index (χ1n) is 7.82. The SMILES string of the molecule is CCCN(CCO)C(=O)c1c(C)nn(-c2ccc(F)cc2F)c1C. The summed E-state index contributed by atoms with van der Waals surface area (Å²) < 4.78 is 28.4. The molecule has 0 aliphatic rings. The number of carbonyl (C=O) groups excluding carboxylic acids is 1. The third-order valence-electron chi connectivity index (χ3n) is 3.79. The van der Waals surface area contributed by atoms with Gasteiger partial charge in [-0.1, -0.05) is 6.92 Å². The summed E-state index contributed by atoms with van der Waals surface area (Å²) in [5, 5.41) is 13.4. The summed E-state index contributed by atoms with van der Waals surface area (Å²) in [6, 6.07) is 3.21. The Morgan fingerprint density at radius 1 is 1.29 bits per heavy atom. The molecular formula is C17H21F2N3O2. The lowest BCUT2D eigenvalue weighted by Gasteiger charge is -2.21. The highest BCUT2D eigenvalue weighted by atomic mass is 19.1. The van der Waals surface area contributed by atoms with E-state index in [4.69, 9.17) is 5.11 Å². The van der Waals surface area contributed by atoms with Crippen molar-refractivity contribution in [3.05, 3.63) is 46.8 Å². The molecule has 2 rings (SSSR count). The topological polar surface area (TPSA) is 58.4 Å². The molecule has 1 aromatic carbocycles. The van der Waals surface area contributed by atoms with Gasteiger partial charge in [-0.15, -0.1) is 0 Å². The third-order valence-corrected chi connectivity index (χ3v) is 3.79. The molecule has 0 saturated heterocycles. The number of carbonyl (C=O) groups is 1. The quantitative estimate of drug-likeness (QED) is 0.881. The van der Waals surface area contributed by atoms with E-state index in [1.165, 1.54) is 10.7 Å². The van der Waals surface area contributed by atoms with Crippen molar-refractivity contribution in [2.45, 2.75) is 27.2 Å². The van der Waals surface area contributed by atoms with Crippen LogP contribution in [0.1, 0.15) is 35.1 Å². The maximum absolute atomic E-state index is 14.0. The van der Waals surface area contributed by atoms with Gasteiger partial charge in [-0.25, -0.2) is 13.5 Å². The zero-order valence-corrected chi connectivity index (χ0v) is 14.0. The molecule has 7 heteroatoms. The van der Waals surface area contributed by atoms with Gasteiger partial charge in [0.05, 0.1) is 23.6 Å². The Labute approximate surface area is 139 Å². The summed E-state index contributed by atoms with van der Waals surface area (Å²) in [6.07, 6.45) is 0.755. The van der Waals surface area contributed by atoms with Gasteiger partial charge in [-0.2, -0.15) is 5.10 Å². The van der Waals surface area contributed by atoms with E-state index in [9.17, 15) is 13.6 Å². The van der Waals surface area contributed by atoms with Gasteiger partial charge in [0, 0.05) is 19.2 Å². The lowest BCUT2D eigenvalue weighted by molar-refractivity contribution is 0.0720. The van der Waals surface area contributed by atoms with E-state index in [0.29, 0.717) is 23.5 Å². The van der Waals surface area contributed by atoms with E-state index in [1.54, 1.807) is 18.7 Å². The smallest absolute Gasteiger partial charge is 0.257 e. The Morgan fingerprint density at radius 2 is 2.00 bits per heavy atom. The van der Waals surface area contributed by atoms with Crippen LogP contribution in [0.25, 0.3) is 5.69 Å². The highest BCUT2D eigenvalue weighted by Crippen LogP contribution is 2.22. The van der Waals surface area contributed by atoms with Crippen LogP contribution >= 0.6 is 0 Å². The van der Waals surface area contributed by atoms with Crippen molar-refractivity contribution in [1.82, 2.24) is 14.7 Å². The van der Waals surface area contributed by atoms with Gasteiger partial charge in [0.25, 0.3) is 5.91 Å². The second-order valence-corrected chi connectivity index (χ2v) is 5.57. The van der Waals surface area contributed by atoms with Crippen LogP contribution in [0.15, 0.2) is 18.2 Å². The highest BCUT2D eigenvalue weighted by Gasteiger charge is 2.24. The van der Waals surface area contributed by atoms with Crippen molar-refractivity contribution in [2.24, 2.45) is 0 Å². The number of hydrogen-bond donors (Lipinski definition) is 1. The molecule has 2 aromatic rings. The van der Waals surface area contributed by atoms with Crippen LogP contribution in [0.5, 0.6) is 0 Å². The molecule has 1 amide bonds. The monoisotopic (exact) mass is 337 g/mol. The summed E-state index contributed by atoms with van der Waals surface area (Å²) in [5.41, 5.74) is 1.39. The molecule has 0 atom stereocenters. The molecule has 0 fully saturated rings. The van der Waals surface area contributed by atoms with Gasteiger partial charge in [0.1, 0.15) is 11.5 Å². The fourth-order valence-electron chi connectivity index (χ4n) is 2.70. The molecule has 130 valence electrons. The lowest BCUT2D eigenvalue weighted by Crippen LogP contribution is -2.34. The molecule has 0 spiro atoms. The number of hydrogen-bond acceptors (Lipinski definition) is 3. The molecule has 0 unspecified atom stereocenters. The number of aryl methyl sites for hydroxylation is 1. The summed E-state index contributed by atoms with van der Waals surface area (Å²) in [5.74, 6) is -1.68. The lowest BCUT2D eigenvalue weighted by atomic mass is 10.1. The minimum atomic E-state index is -0.750. The summed E-state index contributed by atoms with van der Waals surface area (Å²) in [7, 11) is 0. The molecule has 0 bridgehead atoms. The predicted molar refractivity (Wildman–Crippen MR) is 86.2 cm³/mol. The Balaban J connectivity index is 2.47. The third kappa shape index (κ3) is 3.46. The van der Waals surface area contributed by atoms with Gasteiger partial charge >= 0.3 is 0 Å². The molecule has 0 aliphatic carbocycles. The minimum absolute atomic E-state index is 0.0836. The summed E-state index contributed by atoms with van der Waals surface area (Å²) in [6.45, 7) is 5.87. The minimum Gasteiger partial charge on any atom is -0.395 e. The average molecular weight is 337 g/mol. The molecule has 5 nitrogen and oxygen atoms in total. The Morgan fingerprint density at radius 3 is 2.58 bits per heavy atom. The number of aliphatic hydroxyl groups excluding tert-OH is 1. The first-order chi connectivity index (χ1) is 11.4. The Kier molecular flexibility index (Phi) is 5.66. The van der Waals surface area contributed by atoms with Crippen LogP contribution in [0.2, 0.25) is 0 Å². The molecule has 1 heterocycles. The van der Waals surface area contributed by atoms with Crippen LogP contribution in [0, 0.1) is 25.5 Å². The molecule has 24 heavy (non-hydrogen) atoms. The number of amides is 1. The van der Waals surface area contributed by atoms with Crippen LogP contribution in [0.3, 0.4) is 0 Å². The van der Waals surface area contributed by atoms with Crippen LogP contribution < -0.4 is 0 Å². The van der Waals surface area contributed by atoms with Crippen molar-refractivity contribution in [3.63, 3.8) is 0 Å². The molecule has 0 radical (unpaired) electrons. The largest absolute Gasteiger partial charge is 0.395 e. The second-order valence-electron chi connectivity index (χ2n) is 5.57. The van der Waals surface area contributed by atoms with Crippen LogP contribution in [-0.4, -0.2) is 45.4 Å². The zero-order valence-electron chi connectivity index (χ0n) is 14.0.